The van der Waals surface area contributed by atoms with Crippen LogP contribution in [-0.4, -0.2) is 10.4 Å². The van der Waals surface area contributed by atoms with Crippen LogP contribution in [0.5, 0.6) is 0 Å². The SMILES string of the molecule is O.O=P([O-])([O-])[O-].O=[PH+]O.[Na+].[Na+].[Na+]. The van der Waals surface area contributed by atoms with E-state index in [1.54, 1.807) is 0 Å². The van der Waals surface area contributed by atoms with Crippen molar-refractivity contribution < 1.29 is 123 Å². The molecule has 0 saturated carbocycles. The molecule has 12 heavy (non-hydrogen) atoms. The summed E-state index contributed by atoms with van der Waals surface area (Å²) in [6.07, 6.45) is 0. The van der Waals surface area contributed by atoms with Gasteiger partial charge in [0.05, 0.1) is 0 Å². The van der Waals surface area contributed by atoms with Crippen molar-refractivity contribution >= 4 is 16.5 Å². The summed E-state index contributed by atoms with van der Waals surface area (Å²) < 4.78 is 17.1. The van der Waals surface area contributed by atoms with Crippen LogP contribution in [0.3, 0.4) is 0 Å². The molecule has 1 unspecified atom stereocenters. The third kappa shape index (κ3) is 197. The van der Waals surface area contributed by atoms with E-state index >= 15 is 0 Å². The Labute approximate surface area is 137 Å². The standard InChI is InChI=1S/3Na.H3O4P.HO2P.H2O/c;;;1-5(2,3)4;1-3-2;/h;;;(H3,1,2,3,4);3H;1H2/q3*+1;;;/p-2. The van der Waals surface area contributed by atoms with Crippen LogP contribution in [0.15, 0.2) is 0 Å². The maximum atomic E-state index is 8.55. The molecule has 12 heteroatoms. The minimum atomic E-state index is -5.39. The van der Waals surface area contributed by atoms with Gasteiger partial charge in [0.2, 0.25) is 0 Å². The van der Waals surface area contributed by atoms with Crippen LogP contribution in [0.25, 0.3) is 0 Å². The number of hydrogen-bond donors (Lipinski definition) is 1. The van der Waals surface area contributed by atoms with Crippen LogP contribution >= 0.6 is 16.5 Å². The summed E-state index contributed by atoms with van der Waals surface area (Å²) in [5.41, 5.74) is 0. The average Bonchev–Trinajstić information content (AvgIpc) is 1.27. The predicted octanol–water partition coefficient (Wildman–Crippen LogP) is -12.7. The van der Waals surface area contributed by atoms with Gasteiger partial charge in [0, 0.05) is 0 Å². The molecule has 0 saturated heterocycles. The zero-order chi connectivity index (χ0) is 7.21. The van der Waals surface area contributed by atoms with Gasteiger partial charge in [-0.05, 0) is 4.57 Å². The quantitative estimate of drug-likeness (QED) is 0.331. The second kappa shape index (κ2) is 23.7. The molecule has 0 heterocycles. The van der Waals surface area contributed by atoms with E-state index in [-0.39, 0.29) is 94.1 Å². The van der Waals surface area contributed by atoms with Crippen molar-refractivity contribution in [3.05, 3.63) is 0 Å². The van der Waals surface area contributed by atoms with Gasteiger partial charge in [0.25, 0.3) is 0 Å². The third-order valence-corrected chi connectivity index (χ3v) is 0. The van der Waals surface area contributed by atoms with Crippen molar-refractivity contribution in [2.45, 2.75) is 0 Å². The first-order valence-electron chi connectivity index (χ1n) is 1.16. The van der Waals surface area contributed by atoms with Gasteiger partial charge in [-0.15, -0.1) is 0 Å². The van der Waals surface area contributed by atoms with E-state index in [0.717, 1.165) is 0 Å². The molecule has 0 aliphatic carbocycles. The molecule has 0 bridgehead atoms. The van der Waals surface area contributed by atoms with Crippen LogP contribution < -0.4 is 103 Å². The summed E-state index contributed by atoms with van der Waals surface area (Å²) in [5, 5.41) is 0. The molecular weight excluding hydrogens is 243 g/mol. The fourth-order valence-corrected chi connectivity index (χ4v) is 0. The molecule has 0 amide bonds. The molecule has 0 aromatic heterocycles. The van der Waals surface area contributed by atoms with Crippen LogP contribution in [0.4, 0.5) is 0 Å². The first-order chi connectivity index (χ1) is 3.41. The van der Waals surface area contributed by atoms with Crippen molar-refractivity contribution in [1.82, 2.24) is 0 Å². The van der Waals surface area contributed by atoms with Crippen LogP contribution in [-0.2, 0) is 9.13 Å². The van der Waals surface area contributed by atoms with Gasteiger partial charge in [-0.1, -0.05) is 0 Å². The zero-order valence-corrected chi connectivity index (χ0v) is 14.8. The van der Waals surface area contributed by atoms with Gasteiger partial charge in [-0.3, -0.25) is 0 Å². The average molecular weight is 247 g/mol. The molecule has 0 fully saturated rings. The van der Waals surface area contributed by atoms with Crippen LogP contribution in [0, 0.1) is 0 Å². The molecule has 0 aromatic carbocycles. The van der Waals surface area contributed by atoms with Crippen molar-refractivity contribution in [3.8, 4) is 0 Å². The molecule has 0 radical (unpaired) electrons. The van der Waals surface area contributed by atoms with E-state index in [4.69, 9.17) is 28.7 Å². The van der Waals surface area contributed by atoms with Crippen molar-refractivity contribution in [1.29, 1.82) is 0 Å². The fraction of sp³-hybridized carbons (Fsp3) is 0. The molecule has 0 aliphatic rings. The third-order valence-electron chi connectivity index (χ3n) is 0. The maximum Gasteiger partial charge on any atom is 1.00 e. The first-order valence-corrected chi connectivity index (χ1v) is 3.47. The number of hydrogen-bond acceptors (Lipinski definition) is 5. The maximum absolute atomic E-state index is 8.55. The Hall–Kier alpha value is 3.13. The van der Waals surface area contributed by atoms with Crippen molar-refractivity contribution in [2.24, 2.45) is 0 Å². The van der Waals surface area contributed by atoms with E-state index in [9.17, 15) is 0 Å². The minimum Gasteiger partial charge on any atom is -0.822 e. The van der Waals surface area contributed by atoms with Gasteiger partial charge in [-0.2, -0.15) is 12.7 Å². The van der Waals surface area contributed by atoms with E-state index in [2.05, 4.69) is 0 Å². The molecule has 7 nitrogen and oxygen atoms in total. The van der Waals surface area contributed by atoms with Gasteiger partial charge < -0.3 is 24.7 Å². The predicted molar refractivity (Wildman–Crippen MR) is 22.4 cm³/mol. The summed E-state index contributed by atoms with van der Waals surface area (Å²) in [5.74, 6) is 0. The molecular formula is H4Na3O7P2+. The second-order valence-corrected chi connectivity index (χ2v) is 1.62. The Bertz CT molecular complexity index is 90.6. The molecule has 0 rings (SSSR count). The van der Waals surface area contributed by atoms with E-state index < -0.39 is 16.5 Å². The van der Waals surface area contributed by atoms with Crippen LogP contribution in [0.2, 0.25) is 0 Å². The Balaban J connectivity index is -0.0000000119. The Morgan fingerprint density at radius 2 is 1.08 bits per heavy atom. The van der Waals surface area contributed by atoms with E-state index in [1.807, 2.05) is 0 Å². The monoisotopic (exact) mass is 247 g/mol. The first kappa shape index (κ1) is 36.2. The zero-order valence-electron chi connectivity index (χ0n) is 6.94. The summed E-state index contributed by atoms with van der Waals surface area (Å²) in [6, 6.07) is 0. The van der Waals surface area contributed by atoms with Crippen LogP contribution in [0.1, 0.15) is 0 Å². The van der Waals surface area contributed by atoms with E-state index in [1.165, 1.54) is 0 Å². The summed E-state index contributed by atoms with van der Waals surface area (Å²) in [6.45, 7) is 0. The van der Waals surface area contributed by atoms with E-state index in [0.29, 0.717) is 0 Å². The Morgan fingerprint density at radius 3 is 1.08 bits per heavy atom. The van der Waals surface area contributed by atoms with Gasteiger partial charge in [0.15, 0.2) is 0 Å². The van der Waals surface area contributed by atoms with Gasteiger partial charge in [-0.25, -0.2) is 0 Å². The summed E-state index contributed by atoms with van der Waals surface area (Å²) in [7, 11) is -6.56. The largest absolute Gasteiger partial charge is 1.00 e. The summed E-state index contributed by atoms with van der Waals surface area (Å²) >= 11 is 0. The van der Waals surface area contributed by atoms with Crippen molar-refractivity contribution in [3.63, 3.8) is 0 Å². The number of rotatable bonds is 0. The smallest absolute Gasteiger partial charge is 0.822 e. The minimum absolute atomic E-state index is 0. The van der Waals surface area contributed by atoms with Crippen molar-refractivity contribution in [2.75, 3.05) is 0 Å². The Kier molecular flexibility index (Phi) is 71.7. The second-order valence-electron chi connectivity index (χ2n) is 0.539. The molecule has 0 aliphatic heterocycles. The molecule has 0 aromatic rings. The molecule has 3 N–H and O–H groups in total. The molecule has 1 atom stereocenters. The fourth-order valence-electron chi connectivity index (χ4n) is 0. The van der Waals surface area contributed by atoms with Gasteiger partial charge in [0.1, 0.15) is 0 Å². The summed E-state index contributed by atoms with van der Waals surface area (Å²) in [4.78, 5) is 32.7. The number of phosphoric acid groups is 1. The Morgan fingerprint density at radius 1 is 1.08 bits per heavy atom. The van der Waals surface area contributed by atoms with Gasteiger partial charge >= 0.3 is 97.4 Å². The normalized spacial score (nSPS) is 6.67. The topological polar surface area (TPSA) is 155 Å². The molecule has 0 spiro atoms. The molecule has 58 valence electrons.